The van der Waals surface area contributed by atoms with Gasteiger partial charge in [-0.2, -0.15) is 0 Å². The van der Waals surface area contributed by atoms with Crippen LogP contribution in [0.1, 0.15) is 30.3 Å². The SMILES string of the molecule is CCOc1ccccc1OCC(=O)N(C)c1nc2c(s1)CCCC2. The van der Waals surface area contributed by atoms with Gasteiger partial charge in [-0.25, -0.2) is 4.98 Å². The van der Waals surface area contributed by atoms with Gasteiger partial charge in [-0.1, -0.05) is 12.1 Å². The lowest BCUT2D eigenvalue weighted by Crippen LogP contribution is -2.31. The summed E-state index contributed by atoms with van der Waals surface area (Å²) in [5.74, 6) is 1.12. The number of thiazole rings is 1. The number of carbonyl (C=O) groups is 1. The van der Waals surface area contributed by atoms with Crippen molar-refractivity contribution in [2.24, 2.45) is 0 Å². The van der Waals surface area contributed by atoms with Crippen LogP contribution in [0.2, 0.25) is 0 Å². The first-order valence-electron chi connectivity index (χ1n) is 8.28. The van der Waals surface area contributed by atoms with E-state index in [1.807, 2.05) is 25.1 Å². The number of hydrogen-bond acceptors (Lipinski definition) is 5. The van der Waals surface area contributed by atoms with Crippen LogP contribution < -0.4 is 14.4 Å². The van der Waals surface area contributed by atoms with Crippen LogP contribution in [0.4, 0.5) is 5.13 Å². The van der Waals surface area contributed by atoms with Crippen molar-refractivity contribution in [3.63, 3.8) is 0 Å². The lowest BCUT2D eigenvalue weighted by atomic mass is 10.0. The molecule has 0 spiro atoms. The molecule has 0 unspecified atom stereocenters. The number of amides is 1. The first-order chi connectivity index (χ1) is 11.7. The highest BCUT2D eigenvalue weighted by Gasteiger charge is 2.21. The largest absolute Gasteiger partial charge is 0.490 e. The van der Waals surface area contributed by atoms with Crippen molar-refractivity contribution in [1.82, 2.24) is 4.98 Å². The molecule has 5 nitrogen and oxygen atoms in total. The Balaban J connectivity index is 1.63. The molecule has 1 heterocycles. The van der Waals surface area contributed by atoms with Crippen molar-refractivity contribution in [2.75, 3.05) is 25.2 Å². The second kappa shape index (κ2) is 7.66. The summed E-state index contributed by atoms with van der Waals surface area (Å²) >= 11 is 1.62. The smallest absolute Gasteiger partial charge is 0.266 e. The Morgan fingerprint density at radius 2 is 1.92 bits per heavy atom. The van der Waals surface area contributed by atoms with Crippen LogP contribution in [0.15, 0.2) is 24.3 Å². The number of nitrogens with zero attached hydrogens (tertiary/aromatic N) is 2. The number of carbonyl (C=O) groups excluding carboxylic acids is 1. The molecule has 1 amide bonds. The molecule has 1 aliphatic rings. The highest BCUT2D eigenvalue weighted by atomic mass is 32.1. The minimum atomic E-state index is -0.118. The summed E-state index contributed by atoms with van der Waals surface area (Å²) in [4.78, 5) is 20.0. The zero-order valence-electron chi connectivity index (χ0n) is 14.1. The average Bonchev–Trinajstić information content (AvgIpc) is 3.04. The van der Waals surface area contributed by atoms with Crippen molar-refractivity contribution < 1.29 is 14.3 Å². The van der Waals surface area contributed by atoms with E-state index in [9.17, 15) is 4.79 Å². The van der Waals surface area contributed by atoms with Crippen LogP contribution >= 0.6 is 11.3 Å². The van der Waals surface area contributed by atoms with Crippen LogP contribution in [0.5, 0.6) is 11.5 Å². The maximum atomic E-state index is 12.4. The van der Waals surface area contributed by atoms with E-state index in [-0.39, 0.29) is 12.5 Å². The molecular weight excluding hydrogens is 324 g/mol. The predicted molar refractivity (Wildman–Crippen MR) is 95.3 cm³/mol. The zero-order chi connectivity index (χ0) is 16.9. The van der Waals surface area contributed by atoms with Gasteiger partial charge in [0, 0.05) is 11.9 Å². The Bertz CT molecular complexity index is 691. The lowest BCUT2D eigenvalue weighted by Gasteiger charge is -2.15. The second-order valence-corrected chi connectivity index (χ2v) is 6.76. The highest BCUT2D eigenvalue weighted by molar-refractivity contribution is 7.15. The Labute approximate surface area is 146 Å². The van der Waals surface area contributed by atoms with Gasteiger partial charge in [0.15, 0.2) is 23.2 Å². The molecule has 24 heavy (non-hydrogen) atoms. The molecule has 128 valence electrons. The van der Waals surface area contributed by atoms with Gasteiger partial charge >= 0.3 is 0 Å². The second-order valence-electron chi connectivity index (χ2n) is 5.69. The number of hydrogen-bond donors (Lipinski definition) is 0. The standard InChI is InChI=1S/C18H22N2O3S/c1-3-22-14-9-5-6-10-15(14)23-12-17(21)20(2)18-19-13-8-4-7-11-16(13)24-18/h5-6,9-10H,3-4,7-8,11-12H2,1-2H3. The fourth-order valence-electron chi connectivity index (χ4n) is 2.67. The molecule has 0 atom stereocenters. The average molecular weight is 346 g/mol. The topological polar surface area (TPSA) is 51.7 Å². The molecule has 1 aromatic heterocycles. The number of aromatic nitrogens is 1. The molecule has 0 saturated carbocycles. The van der Waals surface area contributed by atoms with Crippen LogP contribution in [0.25, 0.3) is 0 Å². The van der Waals surface area contributed by atoms with E-state index in [4.69, 9.17) is 9.47 Å². The van der Waals surface area contributed by atoms with E-state index >= 15 is 0 Å². The number of para-hydroxylation sites is 2. The van der Waals surface area contributed by atoms with Crippen molar-refractivity contribution in [1.29, 1.82) is 0 Å². The summed E-state index contributed by atoms with van der Waals surface area (Å²) < 4.78 is 11.2. The maximum absolute atomic E-state index is 12.4. The van der Waals surface area contributed by atoms with Crippen molar-refractivity contribution in [3.05, 3.63) is 34.8 Å². The third-order valence-corrected chi connectivity index (χ3v) is 5.23. The molecule has 1 aromatic carbocycles. The van der Waals surface area contributed by atoms with E-state index in [0.29, 0.717) is 18.1 Å². The fraction of sp³-hybridized carbons (Fsp3) is 0.444. The van der Waals surface area contributed by atoms with E-state index in [0.717, 1.165) is 23.7 Å². The van der Waals surface area contributed by atoms with E-state index in [2.05, 4.69) is 4.98 Å². The Morgan fingerprint density at radius 1 is 1.21 bits per heavy atom. The quantitative estimate of drug-likeness (QED) is 0.804. The van der Waals surface area contributed by atoms with Crippen molar-refractivity contribution in [3.8, 4) is 11.5 Å². The summed E-state index contributed by atoms with van der Waals surface area (Å²) in [7, 11) is 1.75. The molecule has 2 aromatic rings. The van der Waals surface area contributed by atoms with Gasteiger partial charge in [-0.05, 0) is 44.7 Å². The molecule has 3 rings (SSSR count). The minimum absolute atomic E-state index is 0.0369. The maximum Gasteiger partial charge on any atom is 0.266 e. The molecule has 6 heteroatoms. The van der Waals surface area contributed by atoms with Crippen molar-refractivity contribution in [2.45, 2.75) is 32.6 Å². The number of likely N-dealkylation sites (N-methyl/N-ethyl adjacent to an activating group) is 1. The number of aryl methyl sites for hydroxylation is 2. The predicted octanol–water partition coefficient (Wildman–Crippen LogP) is 3.46. The summed E-state index contributed by atoms with van der Waals surface area (Å²) in [6.07, 6.45) is 4.49. The Hall–Kier alpha value is -2.08. The molecule has 1 aliphatic carbocycles. The van der Waals surface area contributed by atoms with Gasteiger partial charge in [0.1, 0.15) is 0 Å². The molecule has 0 saturated heterocycles. The molecule has 0 bridgehead atoms. The molecule has 0 radical (unpaired) electrons. The first-order valence-corrected chi connectivity index (χ1v) is 9.10. The Kier molecular flexibility index (Phi) is 5.35. The van der Waals surface area contributed by atoms with Gasteiger partial charge in [0.25, 0.3) is 5.91 Å². The van der Waals surface area contributed by atoms with Gasteiger partial charge in [0.05, 0.1) is 12.3 Å². The normalized spacial score (nSPS) is 13.2. The third-order valence-electron chi connectivity index (χ3n) is 4.00. The van der Waals surface area contributed by atoms with Crippen LogP contribution in [0, 0.1) is 0 Å². The third kappa shape index (κ3) is 3.70. The molecule has 0 N–H and O–H groups in total. The van der Waals surface area contributed by atoms with Gasteiger partial charge < -0.3 is 9.47 Å². The summed E-state index contributed by atoms with van der Waals surface area (Å²) in [6.45, 7) is 2.43. The molecule has 0 aliphatic heterocycles. The van der Waals surface area contributed by atoms with E-state index in [1.54, 1.807) is 29.4 Å². The minimum Gasteiger partial charge on any atom is -0.490 e. The monoisotopic (exact) mass is 346 g/mol. The first kappa shape index (κ1) is 16.8. The van der Waals surface area contributed by atoms with Crippen molar-refractivity contribution >= 4 is 22.4 Å². The molecule has 0 fully saturated rings. The number of benzene rings is 1. The van der Waals surface area contributed by atoms with Crippen LogP contribution in [0.3, 0.4) is 0 Å². The van der Waals surface area contributed by atoms with Gasteiger partial charge in [-0.3, -0.25) is 9.69 Å². The summed E-state index contributed by atoms with van der Waals surface area (Å²) in [5, 5.41) is 0.758. The Morgan fingerprint density at radius 3 is 2.62 bits per heavy atom. The van der Waals surface area contributed by atoms with Gasteiger partial charge in [0.2, 0.25) is 0 Å². The van der Waals surface area contributed by atoms with Gasteiger partial charge in [-0.15, -0.1) is 11.3 Å². The zero-order valence-corrected chi connectivity index (χ0v) is 14.9. The number of anilines is 1. The highest BCUT2D eigenvalue weighted by Crippen LogP contribution is 2.31. The number of rotatable bonds is 6. The van der Waals surface area contributed by atoms with E-state index in [1.165, 1.54) is 17.7 Å². The van der Waals surface area contributed by atoms with Crippen LogP contribution in [-0.2, 0) is 17.6 Å². The van der Waals surface area contributed by atoms with Crippen LogP contribution in [-0.4, -0.2) is 31.2 Å². The van der Waals surface area contributed by atoms with E-state index < -0.39 is 0 Å². The fourth-order valence-corrected chi connectivity index (χ4v) is 3.80. The summed E-state index contributed by atoms with van der Waals surface area (Å²) in [5.41, 5.74) is 1.16. The number of ether oxygens (including phenoxy) is 2. The lowest BCUT2D eigenvalue weighted by molar-refractivity contribution is -0.120. The number of fused-ring (bicyclic) bond motifs is 1. The molecular formula is C18H22N2O3S. The summed E-state index contributed by atoms with van der Waals surface area (Å²) in [6, 6.07) is 7.38.